The third-order valence-electron chi connectivity index (χ3n) is 3.95. The molecule has 1 aliphatic rings. The van der Waals surface area contributed by atoms with E-state index >= 15 is 0 Å². The standard InChI is InChI=1S/C18H16N4OS/c23-17(12-5-8-19-9-6-12)21-14-4-2-1-3-13(14)18-22-15-7-10-20-11-16(15)24-18/h1-5,7,10-11,19H,6,8-9H2,(H,21,23). The number of benzene rings is 1. The van der Waals surface area contributed by atoms with Gasteiger partial charge in [0.15, 0.2) is 0 Å². The highest BCUT2D eigenvalue weighted by molar-refractivity contribution is 7.21. The van der Waals surface area contributed by atoms with Gasteiger partial charge in [-0.05, 0) is 31.2 Å². The fourth-order valence-corrected chi connectivity index (χ4v) is 3.68. The maximum absolute atomic E-state index is 12.5. The van der Waals surface area contributed by atoms with Crippen molar-refractivity contribution >= 4 is 33.1 Å². The Morgan fingerprint density at radius 2 is 2.17 bits per heavy atom. The molecule has 0 unspecified atom stereocenters. The molecule has 5 nitrogen and oxygen atoms in total. The van der Waals surface area contributed by atoms with Gasteiger partial charge in [-0.2, -0.15) is 0 Å². The van der Waals surface area contributed by atoms with Crippen molar-refractivity contribution in [3.8, 4) is 10.6 Å². The molecular weight excluding hydrogens is 320 g/mol. The highest BCUT2D eigenvalue weighted by atomic mass is 32.1. The van der Waals surface area contributed by atoms with Crippen molar-refractivity contribution in [2.75, 3.05) is 18.4 Å². The monoisotopic (exact) mass is 336 g/mol. The molecule has 0 atom stereocenters. The molecule has 0 aliphatic carbocycles. The summed E-state index contributed by atoms with van der Waals surface area (Å²) in [6, 6.07) is 9.68. The van der Waals surface area contributed by atoms with Gasteiger partial charge in [-0.25, -0.2) is 4.98 Å². The summed E-state index contributed by atoms with van der Waals surface area (Å²) in [6.45, 7) is 1.58. The number of anilines is 1. The van der Waals surface area contributed by atoms with E-state index in [2.05, 4.69) is 20.6 Å². The maximum Gasteiger partial charge on any atom is 0.251 e. The van der Waals surface area contributed by atoms with E-state index in [1.807, 2.05) is 42.6 Å². The van der Waals surface area contributed by atoms with E-state index < -0.39 is 0 Å². The SMILES string of the molecule is O=C(Nc1ccccc1-c1nc2ccncc2s1)C1=CCNCC1. The molecule has 6 heteroatoms. The molecule has 0 bridgehead atoms. The van der Waals surface area contributed by atoms with E-state index in [4.69, 9.17) is 0 Å². The largest absolute Gasteiger partial charge is 0.322 e. The summed E-state index contributed by atoms with van der Waals surface area (Å²) in [4.78, 5) is 21.3. The molecule has 0 fully saturated rings. The van der Waals surface area contributed by atoms with Crippen molar-refractivity contribution < 1.29 is 4.79 Å². The molecule has 3 aromatic rings. The Morgan fingerprint density at radius 1 is 1.25 bits per heavy atom. The van der Waals surface area contributed by atoms with Gasteiger partial charge in [-0.1, -0.05) is 18.2 Å². The van der Waals surface area contributed by atoms with Gasteiger partial charge < -0.3 is 10.6 Å². The molecule has 120 valence electrons. The van der Waals surface area contributed by atoms with Crippen LogP contribution < -0.4 is 10.6 Å². The van der Waals surface area contributed by atoms with Crippen LogP contribution in [-0.2, 0) is 4.79 Å². The summed E-state index contributed by atoms with van der Waals surface area (Å²) in [7, 11) is 0. The second-order valence-corrected chi connectivity index (χ2v) is 6.58. The van der Waals surface area contributed by atoms with Crippen LogP contribution >= 0.6 is 11.3 Å². The molecule has 1 aromatic carbocycles. The van der Waals surface area contributed by atoms with E-state index in [0.717, 1.165) is 51.6 Å². The van der Waals surface area contributed by atoms with Crippen LogP contribution in [0.15, 0.2) is 54.4 Å². The van der Waals surface area contributed by atoms with Crippen LogP contribution in [0, 0.1) is 0 Å². The molecule has 1 aliphatic heterocycles. The predicted molar refractivity (Wildman–Crippen MR) is 97.1 cm³/mol. The molecule has 1 amide bonds. The number of carbonyl (C=O) groups excluding carboxylic acids is 1. The van der Waals surface area contributed by atoms with Crippen molar-refractivity contribution in [2.24, 2.45) is 0 Å². The van der Waals surface area contributed by atoms with Gasteiger partial charge in [0.1, 0.15) is 5.01 Å². The third-order valence-corrected chi connectivity index (χ3v) is 4.99. The molecule has 2 N–H and O–H groups in total. The van der Waals surface area contributed by atoms with Crippen LogP contribution in [0.4, 0.5) is 5.69 Å². The van der Waals surface area contributed by atoms with E-state index in [0.29, 0.717) is 0 Å². The van der Waals surface area contributed by atoms with Crippen LogP contribution in [0.5, 0.6) is 0 Å². The summed E-state index contributed by atoms with van der Waals surface area (Å²) >= 11 is 1.58. The number of carbonyl (C=O) groups is 1. The van der Waals surface area contributed by atoms with Gasteiger partial charge in [0.2, 0.25) is 0 Å². The number of thiazole rings is 1. The van der Waals surface area contributed by atoms with Crippen LogP contribution in [0.2, 0.25) is 0 Å². The Morgan fingerprint density at radius 3 is 3.00 bits per heavy atom. The lowest BCUT2D eigenvalue weighted by Crippen LogP contribution is -2.26. The second kappa shape index (κ2) is 6.51. The number of amides is 1. The van der Waals surface area contributed by atoms with Crippen molar-refractivity contribution in [3.05, 3.63) is 54.4 Å². The highest BCUT2D eigenvalue weighted by Gasteiger charge is 2.15. The fraction of sp³-hybridized carbons (Fsp3) is 0.167. The van der Waals surface area contributed by atoms with E-state index in [-0.39, 0.29) is 5.91 Å². The van der Waals surface area contributed by atoms with Crippen LogP contribution in [0.25, 0.3) is 20.8 Å². The van der Waals surface area contributed by atoms with Gasteiger partial charge in [-0.15, -0.1) is 11.3 Å². The zero-order valence-corrected chi connectivity index (χ0v) is 13.8. The Bertz CT molecular complexity index is 898. The summed E-state index contributed by atoms with van der Waals surface area (Å²) in [6.07, 6.45) is 6.26. The van der Waals surface area contributed by atoms with E-state index in [1.54, 1.807) is 17.5 Å². The zero-order valence-electron chi connectivity index (χ0n) is 13.0. The molecule has 0 saturated carbocycles. The first-order valence-corrected chi connectivity index (χ1v) is 8.64. The lowest BCUT2D eigenvalue weighted by atomic mass is 10.1. The first-order valence-electron chi connectivity index (χ1n) is 7.82. The molecule has 24 heavy (non-hydrogen) atoms. The van der Waals surface area contributed by atoms with Gasteiger partial charge >= 0.3 is 0 Å². The van der Waals surface area contributed by atoms with Gasteiger partial charge in [-0.3, -0.25) is 9.78 Å². The molecule has 0 radical (unpaired) electrons. The number of hydrogen-bond donors (Lipinski definition) is 2. The highest BCUT2D eigenvalue weighted by Crippen LogP contribution is 2.34. The summed E-state index contributed by atoms with van der Waals surface area (Å²) < 4.78 is 1.04. The fourth-order valence-electron chi connectivity index (χ4n) is 2.71. The van der Waals surface area contributed by atoms with Crippen LogP contribution in [0.3, 0.4) is 0 Å². The normalized spacial score (nSPS) is 14.4. The summed E-state index contributed by atoms with van der Waals surface area (Å²) in [5.74, 6) is -0.0354. The lowest BCUT2D eigenvalue weighted by Gasteiger charge is -2.15. The number of para-hydroxylation sites is 1. The lowest BCUT2D eigenvalue weighted by molar-refractivity contribution is -0.113. The number of nitrogens with one attached hydrogen (secondary N) is 2. The smallest absolute Gasteiger partial charge is 0.251 e. The van der Waals surface area contributed by atoms with Crippen molar-refractivity contribution in [3.63, 3.8) is 0 Å². The molecule has 4 rings (SSSR count). The molecule has 2 aromatic heterocycles. The van der Waals surface area contributed by atoms with Crippen LogP contribution in [0.1, 0.15) is 6.42 Å². The van der Waals surface area contributed by atoms with Crippen molar-refractivity contribution in [2.45, 2.75) is 6.42 Å². The number of nitrogens with zero attached hydrogens (tertiary/aromatic N) is 2. The van der Waals surface area contributed by atoms with Gasteiger partial charge in [0, 0.05) is 30.1 Å². The first kappa shape index (κ1) is 15.0. The predicted octanol–water partition coefficient (Wildman–Crippen LogP) is 3.22. The van der Waals surface area contributed by atoms with Gasteiger partial charge in [0.05, 0.1) is 15.9 Å². The average Bonchev–Trinajstić information content (AvgIpc) is 3.07. The number of hydrogen-bond acceptors (Lipinski definition) is 5. The topological polar surface area (TPSA) is 66.9 Å². The Balaban J connectivity index is 1.67. The van der Waals surface area contributed by atoms with E-state index in [1.165, 1.54) is 0 Å². The summed E-state index contributed by atoms with van der Waals surface area (Å²) in [5.41, 5.74) is 3.47. The van der Waals surface area contributed by atoms with Crippen LogP contribution in [-0.4, -0.2) is 29.0 Å². The second-order valence-electron chi connectivity index (χ2n) is 5.55. The molecule has 3 heterocycles. The summed E-state index contributed by atoms with van der Waals surface area (Å²) in [5, 5.41) is 7.14. The van der Waals surface area contributed by atoms with E-state index in [9.17, 15) is 4.79 Å². The van der Waals surface area contributed by atoms with Gasteiger partial charge in [0.25, 0.3) is 5.91 Å². The maximum atomic E-state index is 12.5. The number of aromatic nitrogens is 2. The Labute approximate surface area is 143 Å². The number of pyridine rings is 1. The number of rotatable bonds is 3. The van der Waals surface area contributed by atoms with Crippen molar-refractivity contribution in [1.29, 1.82) is 0 Å². The zero-order chi connectivity index (χ0) is 16.4. The quantitative estimate of drug-likeness (QED) is 0.771. The number of fused-ring (bicyclic) bond motifs is 1. The Kier molecular flexibility index (Phi) is 4.06. The average molecular weight is 336 g/mol. The Hall–Kier alpha value is -2.57. The first-order chi connectivity index (χ1) is 11.8. The van der Waals surface area contributed by atoms with Crippen molar-refractivity contribution in [1.82, 2.24) is 15.3 Å². The minimum atomic E-state index is -0.0354. The molecular formula is C18H16N4OS. The third kappa shape index (κ3) is 2.93. The molecule has 0 saturated heterocycles. The minimum absolute atomic E-state index is 0.0354. The molecule has 0 spiro atoms. The minimum Gasteiger partial charge on any atom is -0.322 e.